The number of rotatable bonds is 5. The number of halogens is 3. The Labute approximate surface area is 165 Å². The van der Waals surface area contributed by atoms with Crippen LogP contribution in [0.25, 0.3) is 11.3 Å². The highest BCUT2D eigenvalue weighted by atomic mass is 35.5. The van der Waals surface area contributed by atoms with Crippen LogP contribution in [-0.2, 0) is 4.74 Å². The molecule has 0 N–H and O–H groups in total. The van der Waals surface area contributed by atoms with E-state index in [1.54, 1.807) is 49.4 Å². The average molecular weight is 406 g/mol. The van der Waals surface area contributed by atoms with Gasteiger partial charge >= 0.3 is 5.97 Å². The van der Waals surface area contributed by atoms with Crippen LogP contribution in [0, 0.1) is 5.82 Å². The smallest absolute Gasteiger partial charge is 0.341 e. The maximum Gasteiger partial charge on any atom is 0.341 e. The van der Waals surface area contributed by atoms with E-state index < -0.39 is 11.8 Å². The number of nitrogens with zero attached hydrogens (tertiary/aromatic N) is 1. The van der Waals surface area contributed by atoms with Gasteiger partial charge in [0.1, 0.15) is 11.6 Å². The summed E-state index contributed by atoms with van der Waals surface area (Å²) in [6.45, 7) is 1.82. The van der Waals surface area contributed by atoms with Gasteiger partial charge in [0.15, 0.2) is 0 Å². The van der Waals surface area contributed by atoms with E-state index >= 15 is 0 Å². The summed E-state index contributed by atoms with van der Waals surface area (Å²) in [7, 11) is 0. The van der Waals surface area contributed by atoms with Crippen LogP contribution in [-0.4, -0.2) is 17.6 Å². The van der Waals surface area contributed by atoms with Crippen LogP contribution in [0.5, 0.6) is 11.6 Å². The summed E-state index contributed by atoms with van der Waals surface area (Å²) < 4.78 is 25.3. The van der Waals surface area contributed by atoms with E-state index in [1.807, 2.05) is 0 Å². The van der Waals surface area contributed by atoms with Gasteiger partial charge in [-0.1, -0.05) is 35.3 Å². The number of benzene rings is 2. The minimum atomic E-state index is -0.725. The van der Waals surface area contributed by atoms with Crippen LogP contribution in [0.3, 0.4) is 0 Å². The Bertz CT molecular complexity index is 995. The molecule has 4 nitrogen and oxygen atoms in total. The summed E-state index contributed by atoms with van der Waals surface area (Å²) in [6, 6.07) is 14.1. The number of pyridine rings is 1. The third-order valence-corrected chi connectivity index (χ3v) is 4.13. The Morgan fingerprint density at radius 3 is 2.63 bits per heavy atom. The van der Waals surface area contributed by atoms with Crippen molar-refractivity contribution in [1.29, 1.82) is 0 Å². The van der Waals surface area contributed by atoms with Crippen molar-refractivity contribution < 1.29 is 18.7 Å². The summed E-state index contributed by atoms with van der Waals surface area (Å²) in [6.07, 6.45) is 0. The molecule has 0 atom stereocenters. The lowest BCUT2D eigenvalue weighted by molar-refractivity contribution is 0.0521. The highest BCUT2D eigenvalue weighted by molar-refractivity contribution is 6.35. The lowest BCUT2D eigenvalue weighted by Gasteiger charge is -2.10. The number of hydrogen-bond acceptors (Lipinski definition) is 4. The molecule has 0 aliphatic heterocycles. The fraction of sp³-hybridized carbons (Fsp3) is 0.100. The minimum Gasteiger partial charge on any atom is -0.462 e. The fourth-order valence-electron chi connectivity index (χ4n) is 2.39. The normalized spacial score (nSPS) is 10.5. The molecule has 27 heavy (non-hydrogen) atoms. The lowest BCUT2D eigenvalue weighted by Crippen LogP contribution is -2.08. The van der Waals surface area contributed by atoms with Gasteiger partial charge in [-0.3, -0.25) is 0 Å². The van der Waals surface area contributed by atoms with Crippen molar-refractivity contribution in [2.75, 3.05) is 6.61 Å². The number of carbonyl (C=O) groups is 1. The molecule has 2 aromatic carbocycles. The second-order valence-electron chi connectivity index (χ2n) is 5.43. The summed E-state index contributed by atoms with van der Waals surface area (Å²) in [5, 5.41) is 0.803. The Kier molecular flexibility index (Phi) is 5.94. The van der Waals surface area contributed by atoms with Gasteiger partial charge in [0.05, 0.1) is 22.9 Å². The molecule has 138 valence electrons. The van der Waals surface area contributed by atoms with Crippen molar-refractivity contribution in [2.45, 2.75) is 6.92 Å². The number of carbonyl (C=O) groups excluding carboxylic acids is 1. The highest BCUT2D eigenvalue weighted by Crippen LogP contribution is 2.32. The van der Waals surface area contributed by atoms with Gasteiger partial charge in [-0.15, -0.1) is 0 Å². The molecule has 0 saturated heterocycles. The van der Waals surface area contributed by atoms with Crippen LogP contribution in [0.4, 0.5) is 4.39 Å². The molecule has 1 aromatic heterocycles. The molecule has 3 aromatic rings. The van der Waals surface area contributed by atoms with Crippen molar-refractivity contribution in [2.24, 2.45) is 0 Å². The molecule has 0 spiro atoms. The molecule has 0 saturated carbocycles. The zero-order chi connectivity index (χ0) is 19.4. The zero-order valence-electron chi connectivity index (χ0n) is 14.2. The van der Waals surface area contributed by atoms with Gasteiger partial charge < -0.3 is 9.47 Å². The van der Waals surface area contributed by atoms with E-state index in [1.165, 1.54) is 12.1 Å². The molecule has 0 bridgehead atoms. The summed E-state index contributed by atoms with van der Waals surface area (Å²) in [5.74, 6) is -0.841. The number of esters is 1. The van der Waals surface area contributed by atoms with Crippen molar-refractivity contribution in [3.63, 3.8) is 0 Å². The Hall–Kier alpha value is -2.63. The van der Waals surface area contributed by atoms with Crippen LogP contribution in [0.15, 0.2) is 54.6 Å². The third-order valence-electron chi connectivity index (χ3n) is 3.60. The molecule has 0 unspecified atom stereocenters. The van der Waals surface area contributed by atoms with Crippen molar-refractivity contribution in [3.8, 4) is 22.9 Å². The van der Waals surface area contributed by atoms with Crippen LogP contribution in [0.1, 0.15) is 17.3 Å². The van der Waals surface area contributed by atoms with E-state index in [-0.39, 0.29) is 23.6 Å². The largest absolute Gasteiger partial charge is 0.462 e. The Balaban J connectivity index is 1.94. The standard InChI is InChI=1S/C20H14Cl2FNO3/c1-2-26-20(25)14-6-3-5-13(19(14)23)16-7-4-8-18(24-16)27-17-10-9-12(21)11-15(17)22/h3-11H,2H2,1H3. The van der Waals surface area contributed by atoms with E-state index in [9.17, 15) is 9.18 Å². The van der Waals surface area contributed by atoms with Gasteiger partial charge in [0.25, 0.3) is 0 Å². The van der Waals surface area contributed by atoms with Crippen molar-refractivity contribution >= 4 is 29.2 Å². The number of aromatic nitrogens is 1. The quantitative estimate of drug-likeness (QED) is 0.476. The Morgan fingerprint density at radius 1 is 1.11 bits per heavy atom. The number of ether oxygens (including phenoxy) is 2. The molecule has 7 heteroatoms. The third kappa shape index (κ3) is 4.38. The first-order chi connectivity index (χ1) is 13.0. The van der Waals surface area contributed by atoms with Gasteiger partial charge in [0.2, 0.25) is 5.88 Å². The van der Waals surface area contributed by atoms with Crippen LogP contribution in [0.2, 0.25) is 10.0 Å². The maximum atomic E-state index is 14.8. The molecule has 0 radical (unpaired) electrons. The maximum absolute atomic E-state index is 14.8. The van der Waals surface area contributed by atoms with Crippen LogP contribution < -0.4 is 4.74 Å². The molecular weight excluding hydrogens is 392 g/mol. The first-order valence-corrected chi connectivity index (χ1v) is 8.81. The second-order valence-corrected chi connectivity index (χ2v) is 6.27. The monoisotopic (exact) mass is 405 g/mol. The molecule has 0 amide bonds. The molecular formula is C20H14Cl2FNO3. The van der Waals surface area contributed by atoms with Gasteiger partial charge in [-0.2, -0.15) is 0 Å². The number of hydrogen-bond donors (Lipinski definition) is 0. The average Bonchev–Trinajstić information content (AvgIpc) is 2.64. The zero-order valence-corrected chi connectivity index (χ0v) is 15.7. The molecule has 0 aliphatic rings. The fourth-order valence-corrected chi connectivity index (χ4v) is 2.84. The minimum absolute atomic E-state index is 0.150. The molecule has 3 rings (SSSR count). The topological polar surface area (TPSA) is 48.4 Å². The van der Waals surface area contributed by atoms with E-state index in [0.29, 0.717) is 21.5 Å². The second kappa shape index (κ2) is 8.37. The van der Waals surface area contributed by atoms with E-state index in [4.69, 9.17) is 32.7 Å². The van der Waals surface area contributed by atoms with E-state index in [0.717, 1.165) is 0 Å². The summed E-state index contributed by atoms with van der Waals surface area (Å²) >= 11 is 12.0. The summed E-state index contributed by atoms with van der Waals surface area (Å²) in [5.41, 5.74) is 0.317. The Morgan fingerprint density at radius 2 is 1.89 bits per heavy atom. The molecule has 1 heterocycles. The van der Waals surface area contributed by atoms with Gasteiger partial charge in [0, 0.05) is 16.7 Å². The van der Waals surface area contributed by atoms with E-state index in [2.05, 4.69) is 4.98 Å². The van der Waals surface area contributed by atoms with Crippen LogP contribution >= 0.6 is 23.2 Å². The predicted molar refractivity (Wildman–Crippen MR) is 102 cm³/mol. The van der Waals surface area contributed by atoms with Crippen molar-refractivity contribution in [3.05, 3.63) is 76.0 Å². The van der Waals surface area contributed by atoms with Crippen molar-refractivity contribution in [1.82, 2.24) is 4.98 Å². The molecule has 0 aliphatic carbocycles. The first-order valence-electron chi connectivity index (χ1n) is 8.05. The summed E-state index contributed by atoms with van der Waals surface area (Å²) in [4.78, 5) is 16.2. The predicted octanol–water partition coefficient (Wildman–Crippen LogP) is 6.16. The lowest BCUT2D eigenvalue weighted by atomic mass is 10.1. The van der Waals surface area contributed by atoms with Gasteiger partial charge in [-0.05, 0) is 43.3 Å². The highest BCUT2D eigenvalue weighted by Gasteiger charge is 2.18. The molecule has 0 fully saturated rings. The SMILES string of the molecule is CCOC(=O)c1cccc(-c2cccc(Oc3ccc(Cl)cc3Cl)n2)c1F. The first kappa shape index (κ1) is 19.1. The van der Waals surface area contributed by atoms with Gasteiger partial charge in [-0.25, -0.2) is 14.2 Å².